The molecule has 0 aliphatic carbocycles. The third-order valence-corrected chi connectivity index (χ3v) is 4.53. The van der Waals surface area contributed by atoms with E-state index in [1.54, 1.807) is 6.26 Å². The molecule has 1 aromatic carbocycles. The van der Waals surface area contributed by atoms with Gasteiger partial charge < -0.3 is 14.3 Å². The molecule has 0 bridgehead atoms. The molecule has 1 aliphatic heterocycles. The highest BCUT2D eigenvalue weighted by Crippen LogP contribution is 2.24. The fourth-order valence-electron chi connectivity index (χ4n) is 3.08. The van der Waals surface area contributed by atoms with Crippen LogP contribution in [0.5, 0.6) is 0 Å². The van der Waals surface area contributed by atoms with E-state index in [9.17, 15) is 5.11 Å². The minimum Gasteiger partial charge on any atom is -0.467 e. The van der Waals surface area contributed by atoms with E-state index in [-0.39, 0.29) is 6.04 Å². The highest BCUT2D eigenvalue weighted by Gasteiger charge is 2.26. The Morgan fingerprint density at radius 3 is 2.70 bits per heavy atom. The molecule has 2 heterocycles. The van der Waals surface area contributed by atoms with Gasteiger partial charge in [-0.05, 0) is 36.1 Å². The number of furan rings is 1. The monoisotopic (exact) mass is 315 g/mol. The Morgan fingerprint density at radius 1 is 1.22 bits per heavy atom. The Kier molecular flexibility index (Phi) is 5.49. The zero-order valence-corrected chi connectivity index (χ0v) is 13.6. The maximum absolute atomic E-state index is 10.3. The molecule has 2 aromatic rings. The molecule has 0 spiro atoms. The number of rotatable bonds is 6. The third-order valence-electron chi connectivity index (χ3n) is 4.53. The van der Waals surface area contributed by atoms with E-state index in [1.165, 1.54) is 11.1 Å². The van der Waals surface area contributed by atoms with Gasteiger partial charge in [0.1, 0.15) is 11.9 Å². The second-order valence-electron chi connectivity index (χ2n) is 6.14. The Morgan fingerprint density at radius 2 is 2.00 bits per heavy atom. The number of nitrogens with zero attached hydrogens (tertiary/aromatic N) is 1. The van der Waals surface area contributed by atoms with Crippen LogP contribution < -0.4 is 0 Å². The van der Waals surface area contributed by atoms with E-state index in [0.29, 0.717) is 18.8 Å². The summed E-state index contributed by atoms with van der Waals surface area (Å²) < 4.78 is 10.9. The molecule has 0 radical (unpaired) electrons. The zero-order valence-electron chi connectivity index (χ0n) is 13.6. The van der Waals surface area contributed by atoms with E-state index in [0.717, 1.165) is 26.1 Å². The summed E-state index contributed by atoms with van der Waals surface area (Å²) in [6.07, 6.45) is 2.71. The fraction of sp³-hybridized carbons (Fsp3) is 0.474. The molecule has 0 amide bonds. The average Bonchev–Trinajstić information content (AvgIpc) is 3.12. The van der Waals surface area contributed by atoms with E-state index in [2.05, 4.69) is 36.1 Å². The van der Waals surface area contributed by atoms with Gasteiger partial charge in [0, 0.05) is 19.1 Å². The first-order valence-corrected chi connectivity index (χ1v) is 8.37. The summed E-state index contributed by atoms with van der Waals surface area (Å²) in [5.41, 5.74) is 2.67. The van der Waals surface area contributed by atoms with Gasteiger partial charge in [-0.25, -0.2) is 0 Å². The van der Waals surface area contributed by atoms with Crippen LogP contribution in [0.1, 0.15) is 36.3 Å². The van der Waals surface area contributed by atoms with Crippen molar-refractivity contribution in [3.05, 3.63) is 59.5 Å². The standard InChI is InChI=1S/C19H25NO3/c1-2-15-5-7-16(8-6-15)13-20-9-11-22-14-17(20)12-18(21)19-4-3-10-23-19/h3-8,10,17-18,21H,2,9,11-14H2,1H3. The molecule has 1 aliphatic rings. The quantitative estimate of drug-likeness (QED) is 0.889. The van der Waals surface area contributed by atoms with Crippen molar-refractivity contribution in [1.29, 1.82) is 0 Å². The SMILES string of the molecule is CCc1ccc(CN2CCOCC2CC(O)c2ccco2)cc1. The number of ether oxygens (including phenoxy) is 1. The van der Waals surface area contributed by atoms with Gasteiger partial charge >= 0.3 is 0 Å². The first kappa shape index (κ1) is 16.2. The number of aryl methyl sites for hydroxylation is 1. The Bertz CT molecular complexity index is 579. The van der Waals surface area contributed by atoms with Crippen LogP contribution >= 0.6 is 0 Å². The van der Waals surface area contributed by atoms with Crippen LogP contribution in [0, 0.1) is 0 Å². The van der Waals surface area contributed by atoms with Crippen molar-refractivity contribution in [2.45, 2.75) is 38.5 Å². The number of benzene rings is 1. The van der Waals surface area contributed by atoms with Crippen molar-refractivity contribution in [2.75, 3.05) is 19.8 Å². The van der Waals surface area contributed by atoms with Gasteiger partial charge in [-0.2, -0.15) is 0 Å². The molecule has 1 fully saturated rings. The van der Waals surface area contributed by atoms with Crippen molar-refractivity contribution in [1.82, 2.24) is 4.90 Å². The highest BCUT2D eigenvalue weighted by atomic mass is 16.5. The van der Waals surface area contributed by atoms with Gasteiger partial charge in [-0.3, -0.25) is 4.90 Å². The lowest BCUT2D eigenvalue weighted by Gasteiger charge is -2.36. The van der Waals surface area contributed by atoms with Crippen LogP contribution in [0.15, 0.2) is 47.1 Å². The summed E-state index contributed by atoms with van der Waals surface area (Å²) >= 11 is 0. The van der Waals surface area contributed by atoms with Crippen molar-refractivity contribution in [3.8, 4) is 0 Å². The molecule has 0 saturated carbocycles. The topological polar surface area (TPSA) is 45.8 Å². The summed E-state index contributed by atoms with van der Waals surface area (Å²) in [5, 5.41) is 10.3. The predicted octanol–water partition coefficient (Wildman–Crippen LogP) is 3.17. The van der Waals surface area contributed by atoms with Crippen LogP contribution in [0.4, 0.5) is 0 Å². The van der Waals surface area contributed by atoms with Crippen molar-refractivity contribution in [3.63, 3.8) is 0 Å². The van der Waals surface area contributed by atoms with Crippen LogP contribution in [-0.4, -0.2) is 35.8 Å². The number of hydrogen-bond donors (Lipinski definition) is 1. The Labute approximate surface area is 137 Å². The third kappa shape index (κ3) is 4.22. The minimum atomic E-state index is -0.582. The fourth-order valence-corrected chi connectivity index (χ4v) is 3.08. The molecule has 1 saturated heterocycles. The molecule has 2 unspecified atom stereocenters. The maximum Gasteiger partial charge on any atom is 0.132 e. The molecule has 1 aromatic heterocycles. The molecule has 124 valence electrons. The first-order chi connectivity index (χ1) is 11.3. The van der Waals surface area contributed by atoms with Gasteiger partial charge in [-0.15, -0.1) is 0 Å². The molecule has 3 rings (SSSR count). The van der Waals surface area contributed by atoms with E-state index in [4.69, 9.17) is 9.15 Å². The van der Waals surface area contributed by atoms with Crippen molar-refractivity contribution < 1.29 is 14.3 Å². The normalized spacial score (nSPS) is 20.5. The summed E-state index contributed by atoms with van der Waals surface area (Å²) in [4.78, 5) is 2.40. The van der Waals surface area contributed by atoms with Crippen LogP contribution in [-0.2, 0) is 17.7 Å². The van der Waals surface area contributed by atoms with E-state index >= 15 is 0 Å². The maximum atomic E-state index is 10.3. The molecule has 4 heteroatoms. The second kappa shape index (κ2) is 7.77. The van der Waals surface area contributed by atoms with E-state index < -0.39 is 6.10 Å². The molecular weight excluding hydrogens is 290 g/mol. The summed E-state index contributed by atoms with van der Waals surface area (Å²) in [6, 6.07) is 12.6. The molecule has 1 N–H and O–H groups in total. The summed E-state index contributed by atoms with van der Waals surface area (Å²) in [5.74, 6) is 0.628. The lowest BCUT2D eigenvalue weighted by atomic mass is 10.0. The molecule has 4 nitrogen and oxygen atoms in total. The van der Waals surface area contributed by atoms with Gasteiger partial charge in [-0.1, -0.05) is 31.2 Å². The van der Waals surface area contributed by atoms with Crippen molar-refractivity contribution in [2.24, 2.45) is 0 Å². The molecule has 2 atom stereocenters. The van der Waals surface area contributed by atoms with Gasteiger partial charge in [0.15, 0.2) is 0 Å². The van der Waals surface area contributed by atoms with Gasteiger partial charge in [0.2, 0.25) is 0 Å². The second-order valence-corrected chi connectivity index (χ2v) is 6.14. The summed E-state index contributed by atoms with van der Waals surface area (Å²) in [7, 11) is 0. The van der Waals surface area contributed by atoms with E-state index in [1.807, 2.05) is 12.1 Å². The Hall–Kier alpha value is -1.62. The minimum absolute atomic E-state index is 0.203. The number of aliphatic hydroxyl groups excluding tert-OH is 1. The van der Waals surface area contributed by atoms with Gasteiger partial charge in [0.25, 0.3) is 0 Å². The predicted molar refractivity (Wildman–Crippen MR) is 89.1 cm³/mol. The highest BCUT2D eigenvalue weighted by molar-refractivity contribution is 5.22. The zero-order chi connectivity index (χ0) is 16.1. The van der Waals surface area contributed by atoms with Crippen LogP contribution in [0.25, 0.3) is 0 Å². The average molecular weight is 315 g/mol. The number of hydrogen-bond acceptors (Lipinski definition) is 4. The lowest BCUT2D eigenvalue weighted by molar-refractivity contribution is -0.0323. The van der Waals surface area contributed by atoms with Crippen molar-refractivity contribution >= 4 is 0 Å². The molecular formula is C19H25NO3. The lowest BCUT2D eigenvalue weighted by Crippen LogP contribution is -2.45. The number of morpholine rings is 1. The number of aliphatic hydroxyl groups is 1. The largest absolute Gasteiger partial charge is 0.467 e. The van der Waals surface area contributed by atoms with Crippen LogP contribution in [0.2, 0.25) is 0 Å². The molecule has 23 heavy (non-hydrogen) atoms. The van der Waals surface area contributed by atoms with Crippen LogP contribution in [0.3, 0.4) is 0 Å². The first-order valence-electron chi connectivity index (χ1n) is 8.37. The van der Waals surface area contributed by atoms with Gasteiger partial charge in [0.05, 0.1) is 19.5 Å². The summed E-state index contributed by atoms with van der Waals surface area (Å²) in [6.45, 7) is 5.36. The Balaban J connectivity index is 1.63. The smallest absolute Gasteiger partial charge is 0.132 e.